The zero-order valence-corrected chi connectivity index (χ0v) is 14.5. The van der Waals surface area contributed by atoms with Crippen molar-refractivity contribution >= 4 is 17.5 Å². The van der Waals surface area contributed by atoms with E-state index in [1.165, 1.54) is 6.08 Å². The molecule has 0 aromatic carbocycles. The lowest BCUT2D eigenvalue weighted by atomic mass is 9.55. The smallest absolute Gasteiger partial charge is 0.316 e. The third kappa shape index (κ3) is 2.36. The molecule has 0 aromatic heterocycles. The van der Waals surface area contributed by atoms with Crippen molar-refractivity contribution in [2.24, 2.45) is 16.7 Å². The Kier molecular flexibility index (Phi) is 4.19. The van der Waals surface area contributed by atoms with Crippen LogP contribution in [0.25, 0.3) is 0 Å². The maximum Gasteiger partial charge on any atom is 0.316 e. The molecule has 1 N–H and O–H groups in total. The lowest BCUT2D eigenvalue weighted by molar-refractivity contribution is -0.166. The van der Waals surface area contributed by atoms with Crippen LogP contribution in [-0.4, -0.2) is 34.9 Å². The minimum absolute atomic E-state index is 0.0188. The Balaban J connectivity index is 1.93. The van der Waals surface area contributed by atoms with Gasteiger partial charge in [0, 0.05) is 12.8 Å². The molecular formula is C19H26O5. The van der Waals surface area contributed by atoms with Crippen molar-refractivity contribution in [2.45, 2.75) is 64.4 Å². The number of Topliss-reactive ketones (excluding diaryl/α,β-unsaturated/α-hetero) is 1. The third-order valence-electron chi connectivity index (χ3n) is 6.72. The summed E-state index contributed by atoms with van der Waals surface area (Å²) in [5.41, 5.74) is -2.61. The highest BCUT2D eigenvalue weighted by Crippen LogP contribution is 2.58. The molecule has 0 heterocycles. The summed E-state index contributed by atoms with van der Waals surface area (Å²) in [6, 6.07) is 0. The molecular weight excluding hydrogens is 308 g/mol. The van der Waals surface area contributed by atoms with Crippen LogP contribution in [0.15, 0.2) is 12.2 Å². The second-order valence-corrected chi connectivity index (χ2v) is 7.79. The fraction of sp³-hybridized carbons (Fsp3) is 0.737. The Morgan fingerprint density at radius 3 is 2.67 bits per heavy atom. The minimum Gasteiger partial charge on any atom is -0.465 e. The first kappa shape index (κ1) is 17.3. The lowest BCUT2D eigenvalue weighted by Crippen LogP contribution is -2.54. The molecule has 5 heteroatoms. The molecule has 3 aliphatic carbocycles. The van der Waals surface area contributed by atoms with Crippen molar-refractivity contribution in [2.75, 3.05) is 6.61 Å². The summed E-state index contributed by atoms with van der Waals surface area (Å²) in [4.78, 5) is 36.6. The molecule has 0 unspecified atom stereocenters. The van der Waals surface area contributed by atoms with Crippen LogP contribution in [0.3, 0.4) is 0 Å². The normalized spacial score (nSPS) is 42.0. The second kappa shape index (κ2) is 5.80. The molecule has 5 nitrogen and oxygen atoms in total. The van der Waals surface area contributed by atoms with E-state index >= 15 is 0 Å². The maximum atomic E-state index is 12.7. The maximum absolute atomic E-state index is 12.7. The average molecular weight is 334 g/mol. The number of ketones is 2. The zero-order chi connectivity index (χ0) is 17.6. The van der Waals surface area contributed by atoms with Crippen LogP contribution >= 0.6 is 0 Å². The summed E-state index contributed by atoms with van der Waals surface area (Å²) in [7, 11) is 0. The number of carbonyl (C=O) groups excluding carboxylic acids is 3. The summed E-state index contributed by atoms with van der Waals surface area (Å²) in [6.07, 6.45) is 6.46. The molecule has 0 aromatic rings. The van der Waals surface area contributed by atoms with Gasteiger partial charge in [-0.25, -0.2) is 0 Å². The topological polar surface area (TPSA) is 80.7 Å². The number of allylic oxidation sites excluding steroid dienone is 1. The molecule has 0 aliphatic heterocycles. The van der Waals surface area contributed by atoms with Crippen LogP contribution in [0.4, 0.5) is 0 Å². The lowest BCUT2D eigenvalue weighted by Gasteiger charge is -2.50. The van der Waals surface area contributed by atoms with Crippen LogP contribution in [0.2, 0.25) is 0 Å². The standard InChI is InChI=1S/C19H26O5/c1-3-24-16(22)18(9-5-14(20)6-10-18)13-4-8-17(2)15(21)7-11-19(17,23)12-13/h5,9,13,23H,3-4,6-8,10-12H2,1-2H3/t13-,17-,18+,19+/m1/s1. The van der Waals surface area contributed by atoms with E-state index in [0.717, 1.165) is 0 Å². The molecule has 0 spiro atoms. The van der Waals surface area contributed by atoms with Crippen molar-refractivity contribution in [3.05, 3.63) is 12.2 Å². The Morgan fingerprint density at radius 1 is 1.29 bits per heavy atom. The highest BCUT2D eigenvalue weighted by Gasteiger charge is 2.62. The first-order chi connectivity index (χ1) is 11.3. The highest BCUT2D eigenvalue weighted by atomic mass is 16.5. The number of fused-ring (bicyclic) bond motifs is 1. The Hall–Kier alpha value is -1.49. The number of hydrogen-bond acceptors (Lipinski definition) is 5. The molecule has 2 saturated carbocycles. The fourth-order valence-electron chi connectivity index (χ4n) is 4.92. The Labute approximate surface area is 142 Å². The molecule has 0 radical (unpaired) electrons. The van der Waals surface area contributed by atoms with Gasteiger partial charge in [0.25, 0.3) is 0 Å². The van der Waals surface area contributed by atoms with Crippen molar-refractivity contribution in [3.8, 4) is 0 Å². The Morgan fingerprint density at radius 2 is 2.04 bits per heavy atom. The zero-order valence-electron chi connectivity index (χ0n) is 14.5. The van der Waals surface area contributed by atoms with Gasteiger partial charge in [-0.3, -0.25) is 14.4 Å². The van der Waals surface area contributed by atoms with Crippen LogP contribution < -0.4 is 0 Å². The van der Waals surface area contributed by atoms with Crippen molar-refractivity contribution < 1.29 is 24.2 Å². The minimum atomic E-state index is -1.05. The van der Waals surface area contributed by atoms with Gasteiger partial charge in [-0.15, -0.1) is 0 Å². The van der Waals surface area contributed by atoms with Gasteiger partial charge < -0.3 is 9.84 Å². The van der Waals surface area contributed by atoms with E-state index in [1.54, 1.807) is 13.0 Å². The Bertz CT molecular complexity index is 609. The molecule has 24 heavy (non-hydrogen) atoms. The number of hydrogen-bond donors (Lipinski definition) is 1. The molecule has 4 atom stereocenters. The summed E-state index contributed by atoms with van der Waals surface area (Å²) in [5.74, 6) is -0.270. The van der Waals surface area contributed by atoms with Crippen molar-refractivity contribution in [3.63, 3.8) is 0 Å². The van der Waals surface area contributed by atoms with Gasteiger partial charge in [0.05, 0.1) is 23.0 Å². The quantitative estimate of drug-likeness (QED) is 0.801. The summed E-state index contributed by atoms with van der Waals surface area (Å²) in [6.45, 7) is 3.91. The first-order valence-corrected chi connectivity index (χ1v) is 8.92. The number of aliphatic hydroxyl groups is 1. The molecule has 3 rings (SSSR count). The van der Waals surface area contributed by atoms with Gasteiger partial charge in [0.2, 0.25) is 0 Å². The number of ether oxygens (including phenoxy) is 1. The SMILES string of the molecule is CCOC(=O)[C@@]1([C@@H]2CC[C@]3(C)C(=O)CC[C@]3(O)C2)C=CC(=O)CC1. The van der Waals surface area contributed by atoms with E-state index in [1.807, 2.05) is 6.92 Å². The van der Waals surface area contributed by atoms with Gasteiger partial charge in [-0.05, 0) is 57.9 Å². The van der Waals surface area contributed by atoms with Crippen LogP contribution in [0, 0.1) is 16.7 Å². The molecule has 0 saturated heterocycles. The molecule has 132 valence electrons. The number of rotatable bonds is 3. The molecule has 0 bridgehead atoms. The van der Waals surface area contributed by atoms with Gasteiger partial charge >= 0.3 is 5.97 Å². The summed E-state index contributed by atoms with van der Waals surface area (Å²) < 4.78 is 5.31. The first-order valence-electron chi connectivity index (χ1n) is 8.92. The highest BCUT2D eigenvalue weighted by molar-refractivity contribution is 5.94. The van der Waals surface area contributed by atoms with Gasteiger partial charge in [0.1, 0.15) is 5.78 Å². The van der Waals surface area contributed by atoms with Crippen LogP contribution in [0.5, 0.6) is 0 Å². The van der Waals surface area contributed by atoms with Gasteiger partial charge in [-0.2, -0.15) is 0 Å². The van der Waals surface area contributed by atoms with Gasteiger partial charge in [-0.1, -0.05) is 6.08 Å². The predicted molar refractivity (Wildman–Crippen MR) is 87.1 cm³/mol. The van der Waals surface area contributed by atoms with Gasteiger partial charge in [0.15, 0.2) is 5.78 Å². The number of esters is 1. The largest absolute Gasteiger partial charge is 0.465 e. The fourth-order valence-corrected chi connectivity index (χ4v) is 4.92. The molecule has 0 amide bonds. The average Bonchev–Trinajstić information content (AvgIpc) is 2.79. The third-order valence-corrected chi connectivity index (χ3v) is 6.72. The van der Waals surface area contributed by atoms with E-state index in [-0.39, 0.29) is 30.1 Å². The monoisotopic (exact) mass is 334 g/mol. The van der Waals surface area contributed by atoms with E-state index in [4.69, 9.17) is 4.74 Å². The molecule has 3 aliphatic rings. The molecule has 2 fully saturated rings. The van der Waals surface area contributed by atoms with Crippen LogP contribution in [-0.2, 0) is 19.1 Å². The van der Waals surface area contributed by atoms with E-state index < -0.39 is 16.4 Å². The summed E-state index contributed by atoms with van der Waals surface area (Å²) >= 11 is 0. The van der Waals surface area contributed by atoms with Crippen molar-refractivity contribution in [1.82, 2.24) is 0 Å². The van der Waals surface area contributed by atoms with Crippen molar-refractivity contribution in [1.29, 1.82) is 0 Å². The van der Waals surface area contributed by atoms with E-state index in [0.29, 0.717) is 44.9 Å². The van der Waals surface area contributed by atoms with E-state index in [2.05, 4.69) is 0 Å². The van der Waals surface area contributed by atoms with E-state index in [9.17, 15) is 19.5 Å². The van der Waals surface area contributed by atoms with Crippen LogP contribution in [0.1, 0.15) is 58.8 Å². The predicted octanol–water partition coefficient (Wildman–Crippen LogP) is 2.36. The summed E-state index contributed by atoms with van der Waals surface area (Å²) in [5, 5.41) is 11.2. The second-order valence-electron chi connectivity index (χ2n) is 7.79. The number of carbonyl (C=O) groups is 3.